The molecule has 10 aromatic rings. The number of phenolic OH excluding ortho intramolecular Hbond substituents is 30. The molecule has 133 heavy (non-hydrogen) atoms. The molecule has 0 radical (unpaired) electrons. The van der Waals surface area contributed by atoms with E-state index in [-0.39, 0.29) is 30.3 Å². The van der Waals surface area contributed by atoms with Crippen molar-refractivity contribution < 1.29 is 254 Å². The molecule has 0 aromatic heterocycles. The number of esters is 10. The molecule has 10 aliphatic heterocycles. The van der Waals surface area contributed by atoms with Gasteiger partial charge in [0.1, 0.15) is 19.3 Å². The molecular weight excluding hydrogens is 1800 g/mol. The van der Waals surface area contributed by atoms with Gasteiger partial charge in [0.05, 0.1) is 61.6 Å². The van der Waals surface area contributed by atoms with Crippen LogP contribution in [0.25, 0.3) is 66.8 Å². The van der Waals surface area contributed by atoms with Gasteiger partial charge in [-0.05, 0) is 30.3 Å². The summed E-state index contributed by atoms with van der Waals surface area (Å²) in [6, 6.07) is 0.454. The number of carbonyl (C=O) groups excluding carboxylic acids is 10. The van der Waals surface area contributed by atoms with Gasteiger partial charge in [0.2, 0.25) is 57.5 Å². The maximum absolute atomic E-state index is 16.8. The second-order valence-electron chi connectivity index (χ2n) is 30.3. The van der Waals surface area contributed by atoms with Crippen LogP contribution in [0.3, 0.4) is 0 Å². The number of fused-ring (bicyclic) bond motifs is 14. The first-order chi connectivity index (χ1) is 62.6. The van der Waals surface area contributed by atoms with Crippen LogP contribution in [0.2, 0.25) is 0 Å². The number of ether oxygens (including phenoxy) is 10. The molecule has 12 bridgehead atoms. The number of cyclic esters (lactones) is 2. The molecule has 0 amide bonds. The third-order valence-corrected chi connectivity index (χ3v) is 23.4. The summed E-state index contributed by atoms with van der Waals surface area (Å²) in [6.07, 6.45) is -30.1. The third kappa shape index (κ3) is 11.3. The second kappa shape index (κ2) is 28.4. The molecule has 684 valence electrons. The Balaban J connectivity index is 0.956. The zero-order valence-electron chi connectivity index (χ0n) is 64.6. The lowest BCUT2D eigenvalue weighted by atomic mass is 9.72. The Hall–Kier alpha value is -19.1. The maximum atomic E-state index is 16.8. The summed E-state index contributed by atoms with van der Waals surface area (Å²) in [6.45, 7) is -4.22. The van der Waals surface area contributed by atoms with Crippen LogP contribution >= 0.6 is 0 Å². The molecule has 10 aliphatic rings. The van der Waals surface area contributed by atoms with E-state index in [9.17, 15) is 168 Å². The summed E-state index contributed by atoms with van der Waals surface area (Å²) in [5.74, 6) is -84.2. The zero-order chi connectivity index (χ0) is 96.3. The lowest BCUT2D eigenvalue weighted by Crippen LogP contribution is -2.56. The molecule has 20 rings (SSSR count). The highest BCUT2D eigenvalue weighted by atomic mass is 16.7. The molecule has 10 aromatic carbocycles. The molecule has 0 unspecified atom stereocenters. The summed E-state index contributed by atoms with van der Waals surface area (Å²) in [5.41, 5.74) is -42.6. The van der Waals surface area contributed by atoms with Crippen molar-refractivity contribution in [3.05, 3.63) is 103 Å². The smallest absolute Gasteiger partial charge is 0.340 e. The largest absolute Gasteiger partial charge is 0.504 e. The predicted octanol–water partition coefficient (Wildman–Crippen LogP) is 3.05. The number of aromatic hydroxyl groups is 30. The average molecular weight is 1850 g/mol. The van der Waals surface area contributed by atoms with E-state index >= 15 is 38.4 Å². The Morgan fingerprint density at radius 2 is 0.391 bits per heavy atom. The van der Waals surface area contributed by atoms with Gasteiger partial charge in [-0.15, -0.1) is 0 Å². The number of hydrogen-bond donors (Lipinski definition) is 31. The van der Waals surface area contributed by atoms with Crippen molar-refractivity contribution in [1.29, 1.82) is 0 Å². The molecule has 0 saturated carbocycles. The van der Waals surface area contributed by atoms with Gasteiger partial charge in [-0.3, -0.25) is 0 Å². The maximum Gasteiger partial charge on any atom is 0.340 e. The normalized spacial score (nSPS) is 20.8. The van der Waals surface area contributed by atoms with Crippen LogP contribution < -0.4 is 0 Å². The van der Waals surface area contributed by atoms with Crippen LogP contribution in [0.4, 0.5) is 0 Å². The second-order valence-corrected chi connectivity index (χ2v) is 30.3. The molecule has 51 nitrogen and oxygen atoms in total. The van der Waals surface area contributed by atoms with Crippen LogP contribution in [0.15, 0.2) is 30.3 Å². The summed E-state index contributed by atoms with van der Waals surface area (Å²) in [5, 5.41) is 369. The van der Waals surface area contributed by atoms with Crippen LogP contribution in [-0.4, -0.2) is 280 Å². The number of hydrogen-bond acceptors (Lipinski definition) is 51. The minimum absolute atomic E-state index is 0.0437. The molecule has 0 spiro atoms. The van der Waals surface area contributed by atoms with Gasteiger partial charge >= 0.3 is 59.7 Å². The van der Waals surface area contributed by atoms with Crippen molar-refractivity contribution in [2.45, 2.75) is 60.9 Å². The van der Waals surface area contributed by atoms with Gasteiger partial charge in [0.25, 0.3) is 0 Å². The molecular formula is C82H50O51. The number of aliphatic hydroxyl groups excluding tert-OH is 1. The quantitative estimate of drug-likeness (QED) is 0.0638. The van der Waals surface area contributed by atoms with E-state index < -0.39 is 445 Å². The van der Waals surface area contributed by atoms with Gasteiger partial charge in [0.15, 0.2) is 164 Å². The van der Waals surface area contributed by atoms with Gasteiger partial charge in [-0.2, -0.15) is 0 Å². The highest BCUT2D eigenvalue weighted by molar-refractivity contribution is 6.20. The fourth-order valence-corrected chi connectivity index (χ4v) is 17.5. The fourth-order valence-electron chi connectivity index (χ4n) is 17.5. The molecule has 10 atom stereocenters. The lowest BCUT2D eigenvalue weighted by molar-refractivity contribution is -0.154. The minimum atomic E-state index is -3.66. The average Bonchev–Trinajstić information content (AvgIpc) is 1.35. The number of carbonyl (C=O) groups is 10. The zero-order valence-corrected chi connectivity index (χ0v) is 64.6. The van der Waals surface area contributed by atoms with Crippen molar-refractivity contribution >= 4 is 59.7 Å². The van der Waals surface area contributed by atoms with E-state index in [1.807, 2.05) is 0 Å². The van der Waals surface area contributed by atoms with E-state index in [1.54, 1.807) is 0 Å². The molecule has 0 saturated heterocycles. The van der Waals surface area contributed by atoms with Crippen molar-refractivity contribution in [2.24, 2.45) is 0 Å². The fraction of sp³-hybridized carbons (Fsp3) is 0.146. The molecule has 51 heteroatoms. The molecule has 10 heterocycles. The van der Waals surface area contributed by atoms with Crippen LogP contribution in [-0.2, 0) is 47.4 Å². The Bertz CT molecular complexity index is 7280. The SMILES string of the molecule is O=C1OC[C@@H]2OC(=O)c3cc(O)c(O)c(O)c3-c3c(O)c(O)c(O)c4c3C(=O)O[C@H]([C@@H]3OC(=O)c5c-4c(O)c(O)c(O)c5[C@@H]3c3c(O)c(O)c(O)c4c3C(=O)OC[C@@H]3OC(=O)c5cc(O)c(O)c(O)c5-c5c(O)c(O)c(O)c6c5C(=O)O[C@@H]([C@@H]3OC(=O)c3cc(O)c(O)c(O)c3-4)[C@@H]3OC(=O)c4c-6c(O)c(O)c(O)c4[C@@H]3O)[C@@H]2OC(=O)c2cc(O)c(O)c(O)c2-c2c1cc(O)c(O)c2O. The van der Waals surface area contributed by atoms with E-state index in [1.165, 1.54) is 0 Å². The van der Waals surface area contributed by atoms with E-state index in [0.29, 0.717) is 0 Å². The first kappa shape index (κ1) is 84.7. The number of benzene rings is 10. The third-order valence-electron chi connectivity index (χ3n) is 23.4. The minimum Gasteiger partial charge on any atom is -0.504 e. The topological polar surface area (TPSA) is 890 Å². The number of aliphatic hydroxyl groups is 1. The Labute approximate surface area is 726 Å². The summed E-state index contributed by atoms with van der Waals surface area (Å²) in [7, 11) is 0. The highest BCUT2D eigenvalue weighted by Gasteiger charge is 2.61. The Morgan fingerprint density at radius 3 is 0.729 bits per heavy atom. The van der Waals surface area contributed by atoms with E-state index in [0.717, 1.165) is 0 Å². The first-order valence-electron chi connectivity index (χ1n) is 37.2. The van der Waals surface area contributed by atoms with Gasteiger partial charge < -0.3 is 206 Å². The van der Waals surface area contributed by atoms with Crippen LogP contribution in [0.1, 0.15) is 132 Å². The summed E-state index contributed by atoms with van der Waals surface area (Å²) < 4.78 is 58.6. The Kier molecular flexibility index (Phi) is 18.1. The van der Waals surface area contributed by atoms with Crippen LogP contribution in [0.5, 0.6) is 172 Å². The van der Waals surface area contributed by atoms with Crippen LogP contribution in [0, 0.1) is 0 Å². The van der Waals surface area contributed by atoms with E-state index in [2.05, 4.69) is 0 Å². The van der Waals surface area contributed by atoms with E-state index in [4.69, 9.17) is 47.4 Å². The Morgan fingerprint density at radius 1 is 0.180 bits per heavy atom. The van der Waals surface area contributed by atoms with Gasteiger partial charge in [-0.25, -0.2) is 47.9 Å². The van der Waals surface area contributed by atoms with Crippen molar-refractivity contribution in [1.82, 2.24) is 0 Å². The lowest BCUT2D eigenvalue weighted by Gasteiger charge is -2.43. The summed E-state index contributed by atoms with van der Waals surface area (Å²) in [4.78, 5) is 159. The monoisotopic (exact) mass is 1850 g/mol. The first-order valence-corrected chi connectivity index (χ1v) is 37.2. The standard InChI is InChI=1S/C82H50O51/c83-13-1-8-20(46(93)41(13)88)21-9(2-14(84)42(89)47(21)94)76(117)128-67-18(6-124-73(8)114)126-74(115)10-3-15(85)43(90)48(95)22(10)26-36-28(54(101)62(109)52(26)99)29-38-33(59(106)65(112)55(29)102)34(69(130-79(38)120)71(67)132-80(36)121)32-35-25(51(98)64(111)58(32)105)24-12(5-17(87)45(92)50(24)97)77(118)129-68-19(7-125-78(35)119)127-75(116)11-4-16(86)44(91)49(96)23(11)27-37-30(56(103)63(110)53(27)100)31-39-40(60(107)66(113)57(31)104)61(108)70(131-82(39)123)72(68)133-81(37)122/h1-5,18-19,34,61,67-72,83-113H,6-7H2/t18-,19-,34-,61-,67+,68+,69+,70+,71-,72-/m0/s1. The predicted molar refractivity (Wildman–Crippen MR) is 409 cm³/mol. The molecule has 0 fully saturated rings. The summed E-state index contributed by atoms with van der Waals surface area (Å²) >= 11 is 0. The number of phenols is 30. The van der Waals surface area contributed by atoms with Crippen molar-refractivity contribution in [3.63, 3.8) is 0 Å². The van der Waals surface area contributed by atoms with Gasteiger partial charge in [-0.1, -0.05) is 0 Å². The molecule has 31 N–H and O–H groups in total. The van der Waals surface area contributed by atoms with Gasteiger partial charge in [0, 0.05) is 83.5 Å². The number of rotatable bonds is 1. The molecule has 0 aliphatic carbocycles. The van der Waals surface area contributed by atoms with Crippen molar-refractivity contribution in [3.8, 4) is 239 Å². The highest BCUT2D eigenvalue weighted by Crippen LogP contribution is 2.68. The van der Waals surface area contributed by atoms with Crippen molar-refractivity contribution in [2.75, 3.05) is 13.2 Å².